The number of benzene rings is 1. The van der Waals surface area contributed by atoms with E-state index in [-0.39, 0.29) is 30.1 Å². The Morgan fingerprint density at radius 2 is 1.96 bits per heavy atom. The number of nitrogens with one attached hydrogen (secondary N) is 1. The zero-order chi connectivity index (χ0) is 16.7. The number of nitrogens with two attached hydrogens (primary N) is 1. The summed E-state index contributed by atoms with van der Waals surface area (Å²) >= 11 is 0. The Morgan fingerprint density at radius 3 is 2.58 bits per heavy atom. The third-order valence-corrected chi connectivity index (χ3v) is 4.37. The lowest BCUT2D eigenvalue weighted by Gasteiger charge is -2.31. The first kappa shape index (κ1) is 20.3. The van der Waals surface area contributed by atoms with Crippen LogP contribution < -0.4 is 11.1 Å². The molecule has 1 saturated heterocycles. The molecule has 5 nitrogen and oxygen atoms in total. The van der Waals surface area contributed by atoms with Crippen LogP contribution in [0.1, 0.15) is 49.4 Å². The van der Waals surface area contributed by atoms with Crippen LogP contribution in [-0.4, -0.2) is 36.3 Å². The van der Waals surface area contributed by atoms with Crippen LogP contribution in [-0.2, 0) is 4.79 Å². The van der Waals surface area contributed by atoms with Gasteiger partial charge in [-0.15, -0.1) is 12.4 Å². The maximum Gasteiger partial charge on any atom is 0.253 e. The topological polar surface area (TPSA) is 75.4 Å². The van der Waals surface area contributed by atoms with E-state index in [2.05, 4.69) is 12.2 Å². The van der Waals surface area contributed by atoms with E-state index in [4.69, 9.17) is 5.73 Å². The number of anilines is 1. The van der Waals surface area contributed by atoms with Gasteiger partial charge in [0.05, 0.1) is 0 Å². The van der Waals surface area contributed by atoms with E-state index in [0.717, 1.165) is 38.6 Å². The van der Waals surface area contributed by atoms with Crippen molar-refractivity contribution in [1.29, 1.82) is 0 Å². The quantitative estimate of drug-likeness (QED) is 0.610. The SMILES string of the molecule is CCCCCNC(=O)C1CCN(C(=O)c2cccc(N)c2)CC1.Cl. The van der Waals surface area contributed by atoms with Crippen LogP contribution >= 0.6 is 12.4 Å². The normalized spacial score (nSPS) is 14.8. The number of piperidine rings is 1. The second-order valence-corrected chi connectivity index (χ2v) is 6.19. The molecule has 1 aromatic rings. The minimum absolute atomic E-state index is 0. The molecule has 2 rings (SSSR count). The fourth-order valence-electron chi connectivity index (χ4n) is 2.93. The van der Waals surface area contributed by atoms with Crippen molar-refractivity contribution in [3.8, 4) is 0 Å². The summed E-state index contributed by atoms with van der Waals surface area (Å²) in [6.07, 6.45) is 4.80. The number of rotatable bonds is 6. The maximum atomic E-state index is 12.4. The molecule has 0 aliphatic carbocycles. The highest BCUT2D eigenvalue weighted by Gasteiger charge is 2.27. The van der Waals surface area contributed by atoms with E-state index in [1.165, 1.54) is 0 Å². The smallest absolute Gasteiger partial charge is 0.253 e. The van der Waals surface area contributed by atoms with Gasteiger partial charge in [0.25, 0.3) is 5.91 Å². The molecule has 1 fully saturated rings. The van der Waals surface area contributed by atoms with Crippen molar-refractivity contribution in [3.05, 3.63) is 29.8 Å². The summed E-state index contributed by atoms with van der Waals surface area (Å²) in [5.41, 5.74) is 6.94. The molecule has 0 unspecified atom stereocenters. The molecular formula is C18H28ClN3O2. The Morgan fingerprint density at radius 1 is 1.25 bits per heavy atom. The molecule has 6 heteroatoms. The summed E-state index contributed by atoms with van der Waals surface area (Å²) < 4.78 is 0. The van der Waals surface area contributed by atoms with Gasteiger partial charge < -0.3 is 16.0 Å². The summed E-state index contributed by atoms with van der Waals surface area (Å²) in [5.74, 6) is 0.165. The van der Waals surface area contributed by atoms with Crippen LogP contribution in [0.5, 0.6) is 0 Å². The molecule has 1 aliphatic heterocycles. The largest absolute Gasteiger partial charge is 0.399 e. The highest BCUT2D eigenvalue weighted by Crippen LogP contribution is 2.20. The Kier molecular flexibility index (Phi) is 8.61. The van der Waals surface area contributed by atoms with Crippen LogP contribution in [0, 0.1) is 5.92 Å². The van der Waals surface area contributed by atoms with E-state index < -0.39 is 0 Å². The molecule has 134 valence electrons. The number of amides is 2. The molecule has 0 radical (unpaired) electrons. The minimum atomic E-state index is -0.000830. The third kappa shape index (κ3) is 5.71. The average Bonchev–Trinajstić information content (AvgIpc) is 2.58. The van der Waals surface area contributed by atoms with Crippen molar-refractivity contribution < 1.29 is 9.59 Å². The molecule has 3 N–H and O–H groups in total. The molecule has 1 aliphatic rings. The van der Waals surface area contributed by atoms with E-state index in [1.54, 1.807) is 24.3 Å². The first-order valence-corrected chi connectivity index (χ1v) is 8.54. The number of hydrogen-bond acceptors (Lipinski definition) is 3. The molecule has 1 aromatic carbocycles. The van der Waals surface area contributed by atoms with Crippen LogP contribution in [0.3, 0.4) is 0 Å². The van der Waals surface area contributed by atoms with E-state index >= 15 is 0 Å². The van der Waals surface area contributed by atoms with Crippen molar-refractivity contribution >= 4 is 29.9 Å². The fraction of sp³-hybridized carbons (Fsp3) is 0.556. The second kappa shape index (κ2) is 10.2. The van der Waals surface area contributed by atoms with Crippen LogP contribution in [0.25, 0.3) is 0 Å². The highest BCUT2D eigenvalue weighted by molar-refractivity contribution is 5.95. The van der Waals surface area contributed by atoms with Gasteiger partial charge >= 0.3 is 0 Å². The van der Waals surface area contributed by atoms with Gasteiger partial charge in [-0.1, -0.05) is 25.8 Å². The molecule has 2 amide bonds. The van der Waals surface area contributed by atoms with Crippen LogP contribution in [0.4, 0.5) is 5.69 Å². The van der Waals surface area contributed by atoms with E-state index in [9.17, 15) is 9.59 Å². The number of hydrogen-bond donors (Lipinski definition) is 2. The zero-order valence-electron chi connectivity index (χ0n) is 14.3. The molecule has 0 aromatic heterocycles. The summed E-state index contributed by atoms with van der Waals surface area (Å²) in [6.45, 7) is 4.16. The van der Waals surface area contributed by atoms with Crippen molar-refractivity contribution in [2.24, 2.45) is 5.92 Å². The molecule has 1 heterocycles. The van der Waals surface area contributed by atoms with Crippen LogP contribution in [0.2, 0.25) is 0 Å². The number of nitrogen functional groups attached to an aromatic ring is 1. The molecule has 0 spiro atoms. The van der Waals surface area contributed by atoms with E-state index in [1.807, 2.05) is 4.90 Å². The number of likely N-dealkylation sites (tertiary alicyclic amines) is 1. The lowest BCUT2D eigenvalue weighted by Crippen LogP contribution is -2.43. The van der Waals surface area contributed by atoms with Crippen molar-refractivity contribution in [1.82, 2.24) is 10.2 Å². The van der Waals surface area contributed by atoms with Gasteiger partial charge in [-0.2, -0.15) is 0 Å². The summed E-state index contributed by atoms with van der Waals surface area (Å²) in [7, 11) is 0. The molecular weight excluding hydrogens is 326 g/mol. The molecule has 0 bridgehead atoms. The fourth-order valence-corrected chi connectivity index (χ4v) is 2.93. The Labute approximate surface area is 150 Å². The van der Waals surface area contributed by atoms with Gasteiger partial charge in [-0.3, -0.25) is 9.59 Å². The number of nitrogens with zero attached hydrogens (tertiary/aromatic N) is 1. The standard InChI is InChI=1S/C18H27N3O2.ClH/c1-2-3-4-10-20-17(22)14-8-11-21(12-9-14)18(23)15-6-5-7-16(19)13-15;/h5-7,13-14H,2-4,8-12,19H2,1H3,(H,20,22);1H. The Hall–Kier alpha value is -1.75. The van der Waals surface area contributed by atoms with Gasteiger partial charge in [0.2, 0.25) is 5.91 Å². The molecule has 0 atom stereocenters. The highest BCUT2D eigenvalue weighted by atomic mass is 35.5. The second-order valence-electron chi connectivity index (χ2n) is 6.19. The average molecular weight is 354 g/mol. The maximum absolute atomic E-state index is 12.4. The van der Waals surface area contributed by atoms with Gasteiger partial charge in [-0.05, 0) is 37.5 Å². The monoisotopic (exact) mass is 353 g/mol. The lowest BCUT2D eigenvalue weighted by atomic mass is 9.95. The Bertz CT molecular complexity index is 543. The van der Waals surface area contributed by atoms with Gasteiger partial charge in [0, 0.05) is 36.8 Å². The van der Waals surface area contributed by atoms with Crippen LogP contribution in [0.15, 0.2) is 24.3 Å². The zero-order valence-corrected chi connectivity index (χ0v) is 15.1. The van der Waals surface area contributed by atoms with E-state index in [0.29, 0.717) is 24.3 Å². The van der Waals surface area contributed by atoms with Crippen molar-refractivity contribution in [2.75, 3.05) is 25.4 Å². The lowest BCUT2D eigenvalue weighted by molar-refractivity contribution is -0.126. The number of halogens is 1. The third-order valence-electron chi connectivity index (χ3n) is 4.37. The molecule has 24 heavy (non-hydrogen) atoms. The molecule has 0 saturated carbocycles. The van der Waals surface area contributed by atoms with Gasteiger partial charge in [0.1, 0.15) is 0 Å². The predicted octanol–water partition coefficient (Wildman–Crippen LogP) is 2.85. The summed E-state index contributed by atoms with van der Waals surface area (Å²) in [6, 6.07) is 7.05. The number of carbonyl (C=O) groups excluding carboxylic acids is 2. The first-order valence-electron chi connectivity index (χ1n) is 8.54. The summed E-state index contributed by atoms with van der Waals surface area (Å²) in [5, 5.41) is 3.01. The Balaban J connectivity index is 0.00000288. The number of unbranched alkanes of at least 4 members (excludes halogenated alkanes) is 2. The van der Waals surface area contributed by atoms with Gasteiger partial charge in [-0.25, -0.2) is 0 Å². The minimum Gasteiger partial charge on any atom is -0.399 e. The summed E-state index contributed by atoms with van der Waals surface area (Å²) in [4.78, 5) is 26.4. The predicted molar refractivity (Wildman–Crippen MR) is 99.3 cm³/mol. The first-order chi connectivity index (χ1) is 11.1. The van der Waals surface area contributed by atoms with Crippen molar-refractivity contribution in [2.45, 2.75) is 39.0 Å². The van der Waals surface area contributed by atoms with Gasteiger partial charge in [0.15, 0.2) is 0 Å². The van der Waals surface area contributed by atoms with Crippen molar-refractivity contribution in [3.63, 3.8) is 0 Å². The number of carbonyl (C=O) groups is 2.